The third kappa shape index (κ3) is 3.64. The molecule has 0 radical (unpaired) electrons. The molecule has 2 unspecified atom stereocenters. The molecule has 2 fully saturated rings. The molecule has 2 heterocycles. The van der Waals surface area contributed by atoms with Gasteiger partial charge < -0.3 is 14.1 Å². The normalized spacial score (nSPS) is 22.9. The largest absolute Gasteiger partial charge is 0.441 e. The van der Waals surface area contributed by atoms with Gasteiger partial charge in [-0.2, -0.15) is 0 Å². The number of benzene rings is 1. The monoisotopic (exact) mass is 374 g/mol. The standard InChI is InChI=1S/C20H23ClN2O3/c21-15-6-2-1-5-14(15)18-13-22-19(26-18)9-10-20(24)23-11-12-25-17-8-4-3-7-16(17)23/h1-2,5-6,13,16-17H,3-4,7-12H2. The van der Waals surface area contributed by atoms with Gasteiger partial charge in [0.15, 0.2) is 11.7 Å². The van der Waals surface area contributed by atoms with Crippen molar-refractivity contribution >= 4 is 17.5 Å². The van der Waals surface area contributed by atoms with Crippen molar-refractivity contribution in [1.82, 2.24) is 9.88 Å². The molecule has 0 N–H and O–H groups in total. The molecule has 26 heavy (non-hydrogen) atoms. The number of morpholine rings is 1. The minimum absolute atomic E-state index is 0.169. The Hall–Kier alpha value is -1.85. The van der Waals surface area contributed by atoms with Crippen molar-refractivity contribution in [3.05, 3.63) is 41.4 Å². The van der Waals surface area contributed by atoms with Crippen molar-refractivity contribution in [1.29, 1.82) is 0 Å². The van der Waals surface area contributed by atoms with Gasteiger partial charge >= 0.3 is 0 Å². The summed E-state index contributed by atoms with van der Waals surface area (Å²) >= 11 is 6.20. The van der Waals surface area contributed by atoms with Crippen LogP contribution in [0.5, 0.6) is 0 Å². The molecule has 1 saturated carbocycles. The Morgan fingerprint density at radius 2 is 2.12 bits per heavy atom. The van der Waals surface area contributed by atoms with Crippen LogP contribution in [0.1, 0.15) is 38.0 Å². The van der Waals surface area contributed by atoms with Gasteiger partial charge in [-0.25, -0.2) is 4.98 Å². The number of rotatable bonds is 4. The lowest BCUT2D eigenvalue weighted by Crippen LogP contribution is -2.54. The number of nitrogens with zero attached hydrogens (tertiary/aromatic N) is 2. The number of aromatic nitrogens is 1. The number of carbonyl (C=O) groups excluding carboxylic acids is 1. The summed E-state index contributed by atoms with van der Waals surface area (Å²) in [6, 6.07) is 7.75. The number of amides is 1. The van der Waals surface area contributed by atoms with Gasteiger partial charge in [-0.05, 0) is 25.0 Å². The van der Waals surface area contributed by atoms with Gasteiger partial charge in [0.1, 0.15) is 0 Å². The zero-order chi connectivity index (χ0) is 17.9. The van der Waals surface area contributed by atoms with Gasteiger partial charge in [-0.3, -0.25) is 4.79 Å². The molecule has 2 aliphatic rings. The molecule has 6 heteroatoms. The minimum atomic E-state index is 0.169. The Morgan fingerprint density at radius 1 is 1.27 bits per heavy atom. The Balaban J connectivity index is 1.38. The number of ether oxygens (including phenoxy) is 1. The zero-order valence-electron chi connectivity index (χ0n) is 14.7. The van der Waals surface area contributed by atoms with Gasteiger partial charge in [0.05, 0.1) is 30.0 Å². The minimum Gasteiger partial charge on any atom is -0.441 e. The van der Waals surface area contributed by atoms with Crippen LogP contribution < -0.4 is 0 Å². The Labute approximate surface area is 158 Å². The van der Waals surface area contributed by atoms with Crippen molar-refractivity contribution in [2.45, 2.75) is 50.7 Å². The molecule has 0 bridgehead atoms. The second-order valence-corrected chi connectivity index (χ2v) is 7.35. The van der Waals surface area contributed by atoms with E-state index < -0.39 is 0 Å². The van der Waals surface area contributed by atoms with Gasteiger partial charge in [0, 0.05) is 24.9 Å². The average molecular weight is 375 g/mol. The van der Waals surface area contributed by atoms with Crippen LogP contribution in [0.15, 0.2) is 34.9 Å². The molecule has 0 spiro atoms. The van der Waals surface area contributed by atoms with Crippen molar-refractivity contribution in [2.24, 2.45) is 0 Å². The number of hydrogen-bond acceptors (Lipinski definition) is 4. The number of aryl methyl sites for hydroxylation is 1. The summed E-state index contributed by atoms with van der Waals surface area (Å²) in [4.78, 5) is 19.1. The molecular formula is C20H23ClN2O3. The van der Waals surface area contributed by atoms with Gasteiger partial charge in [0.25, 0.3) is 0 Å². The van der Waals surface area contributed by atoms with Crippen LogP contribution in [0.25, 0.3) is 11.3 Å². The third-order valence-corrected chi connectivity index (χ3v) is 5.63. The highest BCUT2D eigenvalue weighted by molar-refractivity contribution is 6.33. The van der Waals surface area contributed by atoms with Crippen molar-refractivity contribution in [3.63, 3.8) is 0 Å². The van der Waals surface area contributed by atoms with E-state index in [1.807, 2.05) is 29.2 Å². The Kier molecular flexibility index (Phi) is 5.27. The summed E-state index contributed by atoms with van der Waals surface area (Å²) in [5.41, 5.74) is 0.817. The quantitative estimate of drug-likeness (QED) is 0.808. The lowest BCUT2D eigenvalue weighted by atomic mass is 9.90. The topological polar surface area (TPSA) is 55.6 Å². The predicted octanol–water partition coefficient (Wildman–Crippen LogP) is 4.10. The molecule has 1 aliphatic heterocycles. The van der Waals surface area contributed by atoms with Gasteiger partial charge in [0.2, 0.25) is 5.91 Å². The molecule has 1 aromatic heterocycles. The zero-order valence-corrected chi connectivity index (χ0v) is 15.5. The SMILES string of the molecule is O=C(CCc1ncc(-c2ccccc2Cl)o1)N1CCOC2CCCCC21. The molecular weight excluding hydrogens is 352 g/mol. The maximum absolute atomic E-state index is 12.7. The summed E-state index contributed by atoms with van der Waals surface area (Å²) in [5.74, 6) is 1.38. The van der Waals surface area contributed by atoms with Crippen molar-refractivity contribution in [3.8, 4) is 11.3 Å². The molecule has 1 amide bonds. The first-order valence-electron chi connectivity index (χ1n) is 9.33. The lowest BCUT2D eigenvalue weighted by Gasteiger charge is -2.43. The number of oxazole rings is 1. The first-order valence-corrected chi connectivity index (χ1v) is 9.71. The van der Waals surface area contributed by atoms with Crippen LogP contribution in [0, 0.1) is 0 Å². The summed E-state index contributed by atoms with van der Waals surface area (Å²) in [6.07, 6.45) is 7.28. The summed E-state index contributed by atoms with van der Waals surface area (Å²) in [5, 5.41) is 0.628. The van der Waals surface area contributed by atoms with Gasteiger partial charge in [-0.1, -0.05) is 36.6 Å². The van der Waals surface area contributed by atoms with Crippen LogP contribution in [0.4, 0.5) is 0 Å². The van der Waals surface area contributed by atoms with E-state index in [1.165, 1.54) is 12.8 Å². The fourth-order valence-electron chi connectivity index (χ4n) is 3.97. The molecule has 4 rings (SSSR count). The second-order valence-electron chi connectivity index (χ2n) is 6.95. The second kappa shape index (κ2) is 7.80. The van der Waals surface area contributed by atoms with E-state index in [0.717, 1.165) is 18.4 Å². The van der Waals surface area contributed by atoms with Crippen LogP contribution in [-0.2, 0) is 16.0 Å². The van der Waals surface area contributed by atoms with Crippen LogP contribution >= 0.6 is 11.6 Å². The first-order chi connectivity index (χ1) is 12.7. The van der Waals surface area contributed by atoms with E-state index in [-0.39, 0.29) is 18.1 Å². The fourth-order valence-corrected chi connectivity index (χ4v) is 4.20. The average Bonchev–Trinajstić information content (AvgIpc) is 3.15. The summed E-state index contributed by atoms with van der Waals surface area (Å²) < 4.78 is 11.7. The third-order valence-electron chi connectivity index (χ3n) is 5.30. The van der Waals surface area contributed by atoms with E-state index in [0.29, 0.717) is 42.7 Å². The van der Waals surface area contributed by atoms with Crippen LogP contribution in [0.2, 0.25) is 5.02 Å². The fraction of sp³-hybridized carbons (Fsp3) is 0.500. The highest BCUT2D eigenvalue weighted by atomic mass is 35.5. The molecule has 2 atom stereocenters. The predicted molar refractivity (Wildman–Crippen MR) is 99.0 cm³/mol. The highest BCUT2D eigenvalue weighted by Crippen LogP contribution is 2.30. The lowest BCUT2D eigenvalue weighted by molar-refractivity contribution is -0.149. The number of halogens is 1. The summed E-state index contributed by atoms with van der Waals surface area (Å²) in [6.45, 7) is 1.33. The maximum atomic E-state index is 12.7. The van der Waals surface area contributed by atoms with Crippen LogP contribution in [0.3, 0.4) is 0 Å². The maximum Gasteiger partial charge on any atom is 0.223 e. The summed E-state index contributed by atoms with van der Waals surface area (Å²) in [7, 11) is 0. The molecule has 138 valence electrons. The van der Waals surface area contributed by atoms with E-state index >= 15 is 0 Å². The Morgan fingerprint density at radius 3 is 3.00 bits per heavy atom. The highest BCUT2D eigenvalue weighted by Gasteiger charge is 2.36. The van der Waals surface area contributed by atoms with Crippen molar-refractivity contribution < 1.29 is 13.9 Å². The van der Waals surface area contributed by atoms with Gasteiger partial charge in [-0.15, -0.1) is 0 Å². The first kappa shape index (κ1) is 17.6. The molecule has 2 aromatic rings. The number of hydrogen-bond donors (Lipinski definition) is 0. The number of fused-ring (bicyclic) bond motifs is 1. The van der Waals surface area contributed by atoms with E-state index in [9.17, 15) is 4.79 Å². The molecule has 5 nitrogen and oxygen atoms in total. The molecule has 1 saturated heterocycles. The number of carbonyl (C=O) groups is 1. The molecule has 1 aromatic carbocycles. The van der Waals surface area contributed by atoms with E-state index in [4.69, 9.17) is 20.8 Å². The van der Waals surface area contributed by atoms with Crippen molar-refractivity contribution in [2.75, 3.05) is 13.2 Å². The van der Waals surface area contributed by atoms with E-state index in [2.05, 4.69) is 4.98 Å². The molecule has 1 aliphatic carbocycles. The van der Waals surface area contributed by atoms with E-state index in [1.54, 1.807) is 6.20 Å². The smallest absolute Gasteiger partial charge is 0.223 e. The Bertz CT molecular complexity index is 774. The van der Waals surface area contributed by atoms with Crippen LogP contribution in [-0.4, -0.2) is 41.1 Å².